The molecule has 3 rings (SSSR count). The van der Waals surface area contributed by atoms with Crippen molar-refractivity contribution in [3.63, 3.8) is 0 Å². The van der Waals surface area contributed by atoms with Gasteiger partial charge in [0.1, 0.15) is 0 Å². The summed E-state index contributed by atoms with van der Waals surface area (Å²) in [5.74, 6) is 0.0634. The average molecular weight is 343 g/mol. The fourth-order valence-electron chi connectivity index (χ4n) is 2.88. The molecule has 0 spiro atoms. The van der Waals surface area contributed by atoms with Crippen molar-refractivity contribution < 1.29 is 9.59 Å². The topological polar surface area (TPSA) is 56.4 Å². The maximum atomic E-state index is 12.7. The van der Waals surface area contributed by atoms with Gasteiger partial charge in [0, 0.05) is 49.0 Å². The maximum absolute atomic E-state index is 12.7. The number of benzene rings is 1. The van der Waals surface area contributed by atoms with E-state index in [0.717, 1.165) is 11.3 Å². The van der Waals surface area contributed by atoms with Crippen LogP contribution in [0.15, 0.2) is 47.6 Å². The number of amides is 2. The third-order valence-corrected chi connectivity index (χ3v) is 5.00. The molecule has 0 aliphatic carbocycles. The number of hydrogen-bond donors (Lipinski definition) is 1. The molecule has 2 aromatic rings. The molecule has 1 aliphatic heterocycles. The molecule has 1 aromatic heterocycles. The van der Waals surface area contributed by atoms with E-state index in [2.05, 4.69) is 4.98 Å². The van der Waals surface area contributed by atoms with Crippen LogP contribution in [0.4, 0.5) is 0 Å². The molecular weight excluding hydrogens is 322 g/mol. The van der Waals surface area contributed by atoms with Gasteiger partial charge >= 0.3 is 0 Å². The lowest BCUT2D eigenvalue weighted by molar-refractivity contribution is 0.0719. The number of carbonyl (C=O) groups is 2. The summed E-state index contributed by atoms with van der Waals surface area (Å²) in [7, 11) is 0. The van der Waals surface area contributed by atoms with Gasteiger partial charge in [-0.05, 0) is 43.0 Å². The van der Waals surface area contributed by atoms with E-state index in [4.69, 9.17) is 0 Å². The molecule has 0 radical (unpaired) electrons. The number of carbonyl (C=O) groups excluding carboxylic acids is 2. The molecule has 0 atom stereocenters. The number of hydrogen-bond acceptors (Lipinski definition) is 3. The van der Waals surface area contributed by atoms with Crippen molar-refractivity contribution >= 4 is 23.6 Å². The summed E-state index contributed by atoms with van der Waals surface area (Å²) in [6.45, 7) is 2.50. The minimum absolute atomic E-state index is 0.0230. The number of aromatic amines is 1. The molecule has 0 bridgehead atoms. The van der Waals surface area contributed by atoms with Crippen molar-refractivity contribution in [3.8, 4) is 0 Å². The summed E-state index contributed by atoms with van der Waals surface area (Å²) in [5, 5.41) is 0. The highest BCUT2D eigenvalue weighted by Gasteiger charge is 2.23. The number of rotatable bonds is 3. The van der Waals surface area contributed by atoms with E-state index in [1.807, 2.05) is 40.3 Å². The van der Waals surface area contributed by atoms with Gasteiger partial charge in [-0.1, -0.05) is 0 Å². The van der Waals surface area contributed by atoms with E-state index >= 15 is 0 Å². The summed E-state index contributed by atoms with van der Waals surface area (Å²) >= 11 is 1.66. The number of thioether (sulfide) groups is 1. The molecule has 6 heteroatoms. The Kier molecular flexibility index (Phi) is 5.25. The lowest BCUT2D eigenvalue weighted by Gasteiger charge is -2.22. The second kappa shape index (κ2) is 7.57. The molecule has 126 valence electrons. The summed E-state index contributed by atoms with van der Waals surface area (Å²) in [4.78, 5) is 32.8. The zero-order valence-electron chi connectivity index (χ0n) is 13.7. The molecule has 2 heterocycles. The molecule has 2 amide bonds. The van der Waals surface area contributed by atoms with Crippen LogP contribution in [0.5, 0.6) is 0 Å². The average Bonchev–Trinajstić information content (AvgIpc) is 3.05. The SMILES string of the molecule is CSc1ccc(C(=O)N2CCCN(C(=O)c3cc[nH]c3)CC2)cc1. The van der Waals surface area contributed by atoms with Crippen molar-refractivity contribution in [1.82, 2.24) is 14.8 Å². The van der Waals surface area contributed by atoms with Crippen molar-refractivity contribution in [2.24, 2.45) is 0 Å². The molecule has 1 N–H and O–H groups in total. The van der Waals surface area contributed by atoms with Gasteiger partial charge in [0.2, 0.25) is 0 Å². The lowest BCUT2D eigenvalue weighted by Crippen LogP contribution is -2.37. The quantitative estimate of drug-likeness (QED) is 0.872. The highest BCUT2D eigenvalue weighted by molar-refractivity contribution is 7.98. The zero-order chi connectivity index (χ0) is 16.9. The monoisotopic (exact) mass is 343 g/mol. The molecule has 24 heavy (non-hydrogen) atoms. The number of aromatic nitrogens is 1. The van der Waals surface area contributed by atoms with E-state index in [-0.39, 0.29) is 11.8 Å². The number of H-pyrrole nitrogens is 1. The summed E-state index contributed by atoms with van der Waals surface area (Å²) in [6, 6.07) is 9.47. The first-order valence-corrected chi connectivity index (χ1v) is 9.27. The van der Waals surface area contributed by atoms with Gasteiger partial charge in [0.15, 0.2) is 0 Å². The fraction of sp³-hybridized carbons (Fsp3) is 0.333. The fourth-order valence-corrected chi connectivity index (χ4v) is 3.29. The van der Waals surface area contributed by atoms with Crippen LogP contribution in [0.1, 0.15) is 27.1 Å². The van der Waals surface area contributed by atoms with Crippen LogP contribution in [0.2, 0.25) is 0 Å². The molecule has 0 saturated carbocycles. The molecule has 1 saturated heterocycles. The number of nitrogens with zero attached hydrogens (tertiary/aromatic N) is 2. The van der Waals surface area contributed by atoms with Crippen LogP contribution in [0, 0.1) is 0 Å². The predicted octanol–water partition coefficient (Wildman–Crippen LogP) is 2.72. The van der Waals surface area contributed by atoms with Crippen LogP contribution >= 0.6 is 11.8 Å². The Morgan fingerprint density at radius 3 is 2.08 bits per heavy atom. The van der Waals surface area contributed by atoms with E-state index < -0.39 is 0 Å². The first-order chi connectivity index (χ1) is 11.7. The van der Waals surface area contributed by atoms with E-state index in [9.17, 15) is 9.59 Å². The van der Waals surface area contributed by atoms with Crippen molar-refractivity contribution in [2.75, 3.05) is 32.4 Å². The van der Waals surface area contributed by atoms with Crippen LogP contribution in [0.3, 0.4) is 0 Å². The highest BCUT2D eigenvalue weighted by Crippen LogP contribution is 2.17. The van der Waals surface area contributed by atoms with Crippen molar-refractivity contribution in [1.29, 1.82) is 0 Å². The standard InChI is InChI=1S/C18H21N3O2S/c1-24-16-5-3-14(4-6-16)17(22)20-9-2-10-21(12-11-20)18(23)15-7-8-19-13-15/h3-8,13,19H,2,9-12H2,1H3. The zero-order valence-corrected chi connectivity index (χ0v) is 14.5. The van der Waals surface area contributed by atoms with Gasteiger partial charge < -0.3 is 14.8 Å². The van der Waals surface area contributed by atoms with E-state index in [1.165, 1.54) is 0 Å². The van der Waals surface area contributed by atoms with Gasteiger partial charge in [-0.25, -0.2) is 0 Å². The smallest absolute Gasteiger partial charge is 0.255 e. The number of nitrogens with one attached hydrogen (secondary N) is 1. The maximum Gasteiger partial charge on any atom is 0.255 e. The Hall–Kier alpha value is -2.21. The molecule has 1 aromatic carbocycles. The Balaban J connectivity index is 1.64. The minimum atomic E-state index is 0.0230. The second-order valence-corrected chi connectivity index (χ2v) is 6.65. The van der Waals surface area contributed by atoms with Gasteiger partial charge in [-0.2, -0.15) is 0 Å². The van der Waals surface area contributed by atoms with Gasteiger partial charge in [0.05, 0.1) is 5.56 Å². The van der Waals surface area contributed by atoms with Crippen LogP contribution < -0.4 is 0 Å². The molecule has 1 aliphatic rings. The summed E-state index contributed by atoms with van der Waals surface area (Å²) in [5.41, 5.74) is 1.38. The van der Waals surface area contributed by atoms with E-state index in [1.54, 1.807) is 30.2 Å². The normalized spacial score (nSPS) is 15.2. The third kappa shape index (κ3) is 3.64. The predicted molar refractivity (Wildman–Crippen MR) is 95.4 cm³/mol. The summed E-state index contributed by atoms with van der Waals surface area (Å²) < 4.78 is 0. The molecule has 0 unspecified atom stereocenters. The molecule has 5 nitrogen and oxygen atoms in total. The Labute approximate surface area is 146 Å². The van der Waals surface area contributed by atoms with Crippen LogP contribution in [-0.4, -0.2) is 59.0 Å². The first-order valence-electron chi connectivity index (χ1n) is 8.04. The van der Waals surface area contributed by atoms with Gasteiger partial charge in [-0.3, -0.25) is 9.59 Å². The first kappa shape index (κ1) is 16.6. The second-order valence-electron chi connectivity index (χ2n) is 5.77. The van der Waals surface area contributed by atoms with Crippen LogP contribution in [0.25, 0.3) is 0 Å². The molecule has 1 fully saturated rings. The van der Waals surface area contributed by atoms with Crippen LogP contribution in [-0.2, 0) is 0 Å². The van der Waals surface area contributed by atoms with Crippen molar-refractivity contribution in [3.05, 3.63) is 53.9 Å². The Morgan fingerprint density at radius 1 is 0.917 bits per heavy atom. The summed E-state index contributed by atoms with van der Waals surface area (Å²) in [6.07, 6.45) is 6.27. The Morgan fingerprint density at radius 2 is 1.54 bits per heavy atom. The largest absolute Gasteiger partial charge is 0.367 e. The van der Waals surface area contributed by atoms with Gasteiger partial charge in [0.25, 0.3) is 11.8 Å². The van der Waals surface area contributed by atoms with E-state index in [0.29, 0.717) is 37.3 Å². The Bertz CT molecular complexity index is 698. The lowest BCUT2D eigenvalue weighted by atomic mass is 10.2. The van der Waals surface area contributed by atoms with Crippen molar-refractivity contribution in [2.45, 2.75) is 11.3 Å². The minimum Gasteiger partial charge on any atom is -0.367 e. The molecular formula is C18H21N3O2S. The third-order valence-electron chi connectivity index (χ3n) is 4.25. The highest BCUT2D eigenvalue weighted by atomic mass is 32.2. The van der Waals surface area contributed by atoms with Gasteiger partial charge in [-0.15, -0.1) is 11.8 Å².